The predicted octanol–water partition coefficient (Wildman–Crippen LogP) is 2.70. The first-order valence-electron chi connectivity index (χ1n) is 8.92. The summed E-state index contributed by atoms with van der Waals surface area (Å²) in [6.45, 7) is 2.72. The van der Waals surface area contributed by atoms with Crippen LogP contribution in [0.2, 0.25) is 5.02 Å². The summed E-state index contributed by atoms with van der Waals surface area (Å²) < 4.78 is 29.8. The van der Waals surface area contributed by atoms with Crippen molar-refractivity contribution in [1.29, 1.82) is 0 Å². The zero-order valence-electron chi connectivity index (χ0n) is 15.3. The van der Waals surface area contributed by atoms with Gasteiger partial charge in [-0.25, -0.2) is 8.42 Å². The summed E-state index contributed by atoms with van der Waals surface area (Å²) in [7, 11) is -1.58. The molecule has 1 aliphatic rings. The molecule has 9 heteroatoms. The standard InChI is InChI=1S/C19H20ClN3O3S2/c1-21-8-10-22(11-9-21)28(25,26)15-6-7-17-18(12-15)27-19(24)23(17)13-14-4-2-3-5-16(14)20/h2-7,12H,8-11,13H2,1H3. The lowest BCUT2D eigenvalue weighted by Crippen LogP contribution is -2.46. The molecule has 6 nitrogen and oxygen atoms in total. The van der Waals surface area contributed by atoms with Crippen molar-refractivity contribution in [3.05, 3.63) is 62.7 Å². The highest BCUT2D eigenvalue weighted by molar-refractivity contribution is 7.89. The molecule has 3 aromatic rings. The normalized spacial score (nSPS) is 16.6. The number of halogens is 1. The lowest BCUT2D eigenvalue weighted by Gasteiger charge is -2.31. The molecule has 28 heavy (non-hydrogen) atoms. The number of aromatic nitrogens is 1. The molecule has 1 saturated heterocycles. The van der Waals surface area contributed by atoms with Gasteiger partial charge in [0.15, 0.2) is 0 Å². The maximum atomic E-state index is 13.0. The third-order valence-corrected chi connectivity index (χ3v) is 8.23. The third kappa shape index (κ3) is 3.62. The molecule has 2 heterocycles. The van der Waals surface area contributed by atoms with Gasteiger partial charge in [0, 0.05) is 31.2 Å². The molecule has 0 amide bonds. The third-order valence-electron chi connectivity index (χ3n) is 5.03. The zero-order chi connectivity index (χ0) is 19.9. The lowest BCUT2D eigenvalue weighted by molar-refractivity contribution is 0.222. The molecule has 148 valence electrons. The summed E-state index contributed by atoms with van der Waals surface area (Å²) in [4.78, 5) is 14.7. The van der Waals surface area contributed by atoms with Crippen LogP contribution in [0.3, 0.4) is 0 Å². The van der Waals surface area contributed by atoms with E-state index in [0.29, 0.717) is 48.0 Å². The van der Waals surface area contributed by atoms with E-state index < -0.39 is 10.0 Å². The largest absolute Gasteiger partial charge is 0.308 e. The van der Waals surface area contributed by atoms with Crippen molar-refractivity contribution in [1.82, 2.24) is 13.8 Å². The molecule has 2 aromatic carbocycles. The second kappa shape index (κ2) is 7.61. The van der Waals surface area contributed by atoms with Crippen molar-refractivity contribution in [2.24, 2.45) is 0 Å². The maximum Gasteiger partial charge on any atom is 0.308 e. The Hall–Kier alpha value is -1.71. The van der Waals surface area contributed by atoms with Crippen LogP contribution < -0.4 is 4.87 Å². The highest BCUT2D eigenvalue weighted by Crippen LogP contribution is 2.26. The molecule has 0 bridgehead atoms. The van der Waals surface area contributed by atoms with Crippen LogP contribution in [0.1, 0.15) is 5.56 Å². The molecule has 0 spiro atoms. The number of piperazine rings is 1. The molecule has 1 aromatic heterocycles. The minimum atomic E-state index is -3.57. The van der Waals surface area contributed by atoms with E-state index in [2.05, 4.69) is 4.90 Å². The van der Waals surface area contributed by atoms with Crippen molar-refractivity contribution in [2.75, 3.05) is 33.2 Å². The van der Waals surface area contributed by atoms with Crippen molar-refractivity contribution in [2.45, 2.75) is 11.4 Å². The molecule has 4 rings (SSSR count). The molecule has 0 saturated carbocycles. The van der Waals surface area contributed by atoms with E-state index in [9.17, 15) is 13.2 Å². The zero-order valence-corrected chi connectivity index (χ0v) is 17.7. The Morgan fingerprint density at radius 1 is 1.07 bits per heavy atom. The van der Waals surface area contributed by atoms with Gasteiger partial charge in [-0.3, -0.25) is 9.36 Å². The van der Waals surface area contributed by atoms with Crippen LogP contribution in [0.25, 0.3) is 10.2 Å². The minimum Gasteiger partial charge on any atom is -0.304 e. The van der Waals surface area contributed by atoms with Crippen LogP contribution in [-0.2, 0) is 16.6 Å². The average Bonchev–Trinajstić information content (AvgIpc) is 2.98. The Labute approximate surface area is 172 Å². The van der Waals surface area contributed by atoms with E-state index in [0.717, 1.165) is 16.9 Å². The monoisotopic (exact) mass is 437 g/mol. The average molecular weight is 438 g/mol. The Kier molecular flexibility index (Phi) is 5.32. The van der Waals surface area contributed by atoms with Gasteiger partial charge in [-0.15, -0.1) is 0 Å². The van der Waals surface area contributed by atoms with Gasteiger partial charge in [0.1, 0.15) is 0 Å². The fourth-order valence-corrected chi connectivity index (χ4v) is 5.98. The summed E-state index contributed by atoms with van der Waals surface area (Å²) in [5, 5.41) is 0.600. The van der Waals surface area contributed by atoms with Gasteiger partial charge < -0.3 is 4.90 Å². The van der Waals surface area contributed by atoms with Crippen LogP contribution in [0.4, 0.5) is 0 Å². The van der Waals surface area contributed by atoms with Gasteiger partial charge in [-0.1, -0.05) is 41.1 Å². The maximum absolute atomic E-state index is 13.0. The number of nitrogens with zero attached hydrogens (tertiary/aromatic N) is 3. The lowest BCUT2D eigenvalue weighted by atomic mass is 10.2. The predicted molar refractivity (Wildman–Crippen MR) is 113 cm³/mol. The summed E-state index contributed by atoms with van der Waals surface area (Å²) in [5.41, 5.74) is 1.56. The van der Waals surface area contributed by atoms with Gasteiger partial charge in [-0.05, 0) is 36.9 Å². The summed E-state index contributed by atoms with van der Waals surface area (Å²) >= 11 is 7.28. The molecule has 0 aliphatic carbocycles. The SMILES string of the molecule is CN1CCN(S(=O)(=O)c2ccc3c(c2)sc(=O)n3Cc2ccccc2Cl)CC1. The highest BCUT2D eigenvalue weighted by Gasteiger charge is 2.28. The number of hydrogen-bond acceptors (Lipinski definition) is 5. The van der Waals surface area contributed by atoms with E-state index in [1.165, 1.54) is 4.31 Å². The van der Waals surface area contributed by atoms with Gasteiger partial charge in [0.05, 0.1) is 21.7 Å². The fraction of sp³-hybridized carbons (Fsp3) is 0.316. The van der Waals surface area contributed by atoms with E-state index in [-0.39, 0.29) is 9.77 Å². The van der Waals surface area contributed by atoms with E-state index in [1.807, 2.05) is 25.2 Å². The van der Waals surface area contributed by atoms with Crippen LogP contribution in [0, 0.1) is 0 Å². The second-order valence-corrected chi connectivity index (χ2v) is 10.2. The number of thiazole rings is 1. The van der Waals surface area contributed by atoms with Gasteiger partial charge >= 0.3 is 4.87 Å². The number of hydrogen-bond donors (Lipinski definition) is 0. The Morgan fingerprint density at radius 2 is 1.79 bits per heavy atom. The number of likely N-dealkylation sites (N-methyl/N-ethyl adjacent to an activating group) is 1. The van der Waals surface area contributed by atoms with E-state index in [4.69, 9.17) is 11.6 Å². The minimum absolute atomic E-state index is 0.135. The topological polar surface area (TPSA) is 62.6 Å². The molecule has 0 unspecified atom stereocenters. The summed E-state index contributed by atoms with van der Waals surface area (Å²) in [6, 6.07) is 12.3. The number of rotatable bonds is 4. The Balaban J connectivity index is 1.69. The molecule has 1 aliphatic heterocycles. The Bertz CT molecular complexity index is 1180. The van der Waals surface area contributed by atoms with E-state index in [1.54, 1.807) is 28.8 Å². The van der Waals surface area contributed by atoms with Gasteiger partial charge in [0.25, 0.3) is 0 Å². The smallest absolute Gasteiger partial charge is 0.304 e. The van der Waals surface area contributed by atoms with Crippen LogP contribution in [0.15, 0.2) is 52.2 Å². The van der Waals surface area contributed by atoms with Gasteiger partial charge in [0.2, 0.25) is 10.0 Å². The second-order valence-electron chi connectivity index (χ2n) is 6.88. The summed E-state index contributed by atoms with van der Waals surface area (Å²) in [5.74, 6) is 0. The molecular weight excluding hydrogens is 418 g/mol. The first-order chi connectivity index (χ1) is 13.4. The number of sulfonamides is 1. The van der Waals surface area contributed by atoms with Crippen molar-refractivity contribution in [3.8, 4) is 0 Å². The number of benzene rings is 2. The van der Waals surface area contributed by atoms with Crippen molar-refractivity contribution < 1.29 is 8.42 Å². The fourth-order valence-electron chi connectivity index (χ4n) is 3.33. The van der Waals surface area contributed by atoms with E-state index >= 15 is 0 Å². The number of fused-ring (bicyclic) bond motifs is 1. The quantitative estimate of drug-likeness (QED) is 0.629. The summed E-state index contributed by atoms with van der Waals surface area (Å²) in [6.07, 6.45) is 0. The molecule has 0 N–H and O–H groups in total. The van der Waals surface area contributed by atoms with Crippen molar-refractivity contribution in [3.63, 3.8) is 0 Å². The first kappa shape index (κ1) is 19.6. The van der Waals surface area contributed by atoms with Crippen LogP contribution >= 0.6 is 22.9 Å². The first-order valence-corrected chi connectivity index (χ1v) is 11.6. The van der Waals surface area contributed by atoms with Crippen molar-refractivity contribution >= 4 is 43.2 Å². The van der Waals surface area contributed by atoms with Gasteiger partial charge in [-0.2, -0.15) is 4.31 Å². The van der Waals surface area contributed by atoms with Crippen LogP contribution in [0.5, 0.6) is 0 Å². The molecule has 0 atom stereocenters. The molecule has 0 radical (unpaired) electrons. The molecular formula is C19H20ClN3O3S2. The molecule has 1 fully saturated rings. The van der Waals surface area contributed by atoms with Crippen LogP contribution in [-0.4, -0.2) is 55.4 Å². The Morgan fingerprint density at radius 3 is 2.50 bits per heavy atom. The highest BCUT2D eigenvalue weighted by atomic mass is 35.5.